The molecular formula is C16H17N3O2. The van der Waals surface area contributed by atoms with Crippen LogP contribution in [-0.4, -0.2) is 23.7 Å². The lowest BCUT2D eigenvalue weighted by Gasteiger charge is -2.24. The third-order valence-corrected chi connectivity index (χ3v) is 2.83. The van der Waals surface area contributed by atoms with E-state index in [2.05, 4.69) is 11.1 Å². The highest BCUT2D eigenvalue weighted by Gasteiger charge is 2.22. The molecule has 0 bridgehead atoms. The first kappa shape index (κ1) is 14.8. The number of benzene rings is 1. The fourth-order valence-electron chi connectivity index (χ4n) is 1.85. The average molecular weight is 283 g/mol. The van der Waals surface area contributed by atoms with Crippen LogP contribution in [0.15, 0.2) is 30.3 Å². The van der Waals surface area contributed by atoms with Gasteiger partial charge in [-0.2, -0.15) is 5.26 Å². The Balaban J connectivity index is 2.43. The van der Waals surface area contributed by atoms with Gasteiger partial charge in [0, 0.05) is 12.4 Å². The highest BCUT2D eigenvalue weighted by Crippen LogP contribution is 2.23. The van der Waals surface area contributed by atoms with Gasteiger partial charge in [0.2, 0.25) is 0 Å². The minimum atomic E-state index is -0.583. The molecule has 0 radical (unpaired) electrons. The number of carbonyl (C=O) groups is 1. The predicted molar refractivity (Wildman–Crippen MR) is 81.1 cm³/mol. The number of aromatic nitrogens is 1. The Morgan fingerprint density at radius 2 is 2.00 bits per heavy atom. The minimum Gasteiger partial charge on any atom is -0.443 e. The first-order valence-corrected chi connectivity index (χ1v) is 6.58. The normalized spacial score (nSPS) is 11.0. The lowest BCUT2D eigenvalue weighted by atomic mass is 10.1. The Labute approximate surface area is 123 Å². The molecule has 0 N–H and O–H groups in total. The van der Waals surface area contributed by atoms with Crippen LogP contribution in [0.1, 0.15) is 26.3 Å². The summed E-state index contributed by atoms with van der Waals surface area (Å²) in [6.45, 7) is 5.40. The van der Waals surface area contributed by atoms with E-state index in [-0.39, 0.29) is 0 Å². The number of carbonyl (C=O) groups excluding carboxylic acids is 1. The van der Waals surface area contributed by atoms with Gasteiger partial charge in [0.05, 0.1) is 17.1 Å². The number of para-hydroxylation sites is 1. The largest absolute Gasteiger partial charge is 0.443 e. The molecule has 108 valence electrons. The highest BCUT2D eigenvalue weighted by atomic mass is 16.6. The predicted octanol–water partition coefficient (Wildman–Crippen LogP) is 3.48. The topological polar surface area (TPSA) is 66.2 Å². The molecule has 5 nitrogen and oxygen atoms in total. The summed E-state index contributed by atoms with van der Waals surface area (Å²) in [5.74, 6) is 0.388. The van der Waals surface area contributed by atoms with Crippen LogP contribution in [0, 0.1) is 11.3 Å². The zero-order valence-electron chi connectivity index (χ0n) is 12.5. The lowest BCUT2D eigenvalue weighted by Crippen LogP contribution is -2.34. The first-order valence-electron chi connectivity index (χ1n) is 6.58. The van der Waals surface area contributed by atoms with Gasteiger partial charge < -0.3 is 4.74 Å². The van der Waals surface area contributed by atoms with Gasteiger partial charge in [-0.3, -0.25) is 4.90 Å². The van der Waals surface area contributed by atoms with E-state index in [4.69, 9.17) is 4.74 Å². The van der Waals surface area contributed by atoms with Crippen LogP contribution in [0.2, 0.25) is 0 Å². The van der Waals surface area contributed by atoms with E-state index in [1.807, 2.05) is 24.3 Å². The summed E-state index contributed by atoms with van der Waals surface area (Å²) in [6.07, 6.45) is -0.505. The summed E-state index contributed by atoms with van der Waals surface area (Å²) in [5.41, 5.74) is 0.563. The highest BCUT2D eigenvalue weighted by molar-refractivity contribution is 5.91. The van der Waals surface area contributed by atoms with Gasteiger partial charge in [0.25, 0.3) is 0 Å². The third kappa shape index (κ3) is 3.29. The number of rotatable bonds is 1. The number of hydrogen-bond donors (Lipinski definition) is 0. The van der Waals surface area contributed by atoms with Gasteiger partial charge in [-0.05, 0) is 32.9 Å². The van der Waals surface area contributed by atoms with E-state index < -0.39 is 11.7 Å². The Bertz CT molecular complexity index is 726. The van der Waals surface area contributed by atoms with Crippen molar-refractivity contribution < 1.29 is 9.53 Å². The zero-order chi connectivity index (χ0) is 15.6. The minimum absolute atomic E-state index is 0.388. The Hall–Kier alpha value is -2.61. The summed E-state index contributed by atoms with van der Waals surface area (Å²) in [6, 6.07) is 11.1. The number of pyridine rings is 1. The number of hydrogen-bond acceptors (Lipinski definition) is 4. The van der Waals surface area contributed by atoms with Crippen LogP contribution < -0.4 is 4.90 Å². The van der Waals surface area contributed by atoms with Crippen molar-refractivity contribution in [3.05, 3.63) is 35.9 Å². The van der Waals surface area contributed by atoms with E-state index in [1.165, 1.54) is 4.90 Å². The summed E-state index contributed by atoms with van der Waals surface area (Å²) in [4.78, 5) is 17.8. The molecule has 0 aliphatic carbocycles. The molecule has 5 heteroatoms. The molecule has 0 atom stereocenters. The van der Waals surface area contributed by atoms with E-state index in [1.54, 1.807) is 33.9 Å². The molecule has 1 heterocycles. The van der Waals surface area contributed by atoms with Crippen molar-refractivity contribution in [2.45, 2.75) is 26.4 Å². The van der Waals surface area contributed by atoms with Crippen molar-refractivity contribution in [3.8, 4) is 6.07 Å². The van der Waals surface area contributed by atoms with Crippen molar-refractivity contribution >= 4 is 22.8 Å². The molecule has 0 aliphatic rings. The molecule has 2 rings (SSSR count). The lowest BCUT2D eigenvalue weighted by molar-refractivity contribution is 0.0588. The van der Waals surface area contributed by atoms with E-state index in [0.29, 0.717) is 16.9 Å². The van der Waals surface area contributed by atoms with Crippen molar-refractivity contribution in [1.82, 2.24) is 4.98 Å². The van der Waals surface area contributed by atoms with Crippen LogP contribution in [0.3, 0.4) is 0 Å². The smallest absolute Gasteiger partial charge is 0.415 e. The Morgan fingerprint density at radius 1 is 1.33 bits per heavy atom. The second kappa shape index (κ2) is 5.41. The standard InChI is InChI=1S/C16H17N3O2/c1-16(2,3)21-15(20)19(4)14-9-11(10-17)12-7-5-6-8-13(12)18-14/h5-9H,1-4H3. The fourth-order valence-corrected chi connectivity index (χ4v) is 1.85. The van der Waals surface area contributed by atoms with Gasteiger partial charge >= 0.3 is 6.09 Å². The quantitative estimate of drug-likeness (QED) is 0.803. The number of amides is 1. The molecule has 1 amide bonds. The first-order chi connectivity index (χ1) is 9.81. The molecule has 0 aliphatic heterocycles. The summed E-state index contributed by atoms with van der Waals surface area (Å²) < 4.78 is 5.30. The number of anilines is 1. The maximum Gasteiger partial charge on any atom is 0.415 e. The van der Waals surface area contributed by atoms with Crippen molar-refractivity contribution in [1.29, 1.82) is 5.26 Å². The third-order valence-electron chi connectivity index (χ3n) is 2.83. The van der Waals surface area contributed by atoms with Crippen LogP contribution >= 0.6 is 0 Å². The molecule has 2 aromatic rings. The zero-order valence-corrected chi connectivity index (χ0v) is 12.5. The molecule has 21 heavy (non-hydrogen) atoms. The van der Waals surface area contributed by atoms with Crippen LogP contribution in [0.4, 0.5) is 10.6 Å². The van der Waals surface area contributed by atoms with E-state index >= 15 is 0 Å². The van der Waals surface area contributed by atoms with Crippen LogP contribution in [0.5, 0.6) is 0 Å². The summed E-state index contributed by atoms with van der Waals surface area (Å²) in [5, 5.41) is 10.0. The molecule has 0 saturated heterocycles. The monoisotopic (exact) mass is 283 g/mol. The van der Waals surface area contributed by atoms with Crippen molar-refractivity contribution in [2.24, 2.45) is 0 Å². The SMILES string of the molecule is CN(C(=O)OC(C)(C)C)c1cc(C#N)c2ccccc2n1. The average Bonchev–Trinajstić information content (AvgIpc) is 2.43. The second-order valence-electron chi connectivity index (χ2n) is 5.70. The summed E-state index contributed by atoms with van der Waals surface area (Å²) in [7, 11) is 1.58. The van der Waals surface area contributed by atoms with Gasteiger partial charge in [-0.1, -0.05) is 18.2 Å². The van der Waals surface area contributed by atoms with Gasteiger partial charge in [-0.25, -0.2) is 9.78 Å². The molecule has 0 fully saturated rings. The summed E-state index contributed by atoms with van der Waals surface area (Å²) >= 11 is 0. The van der Waals surface area contributed by atoms with Crippen LogP contribution in [-0.2, 0) is 4.74 Å². The number of fused-ring (bicyclic) bond motifs is 1. The molecule has 1 aromatic heterocycles. The Kier molecular flexibility index (Phi) is 3.81. The molecule has 0 saturated carbocycles. The number of ether oxygens (including phenoxy) is 1. The number of nitriles is 1. The van der Waals surface area contributed by atoms with E-state index in [9.17, 15) is 10.1 Å². The van der Waals surface area contributed by atoms with Gasteiger partial charge in [0.15, 0.2) is 0 Å². The maximum absolute atomic E-state index is 12.1. The van der Waals surface area contributed by atoms with Gasteiger partial charge in [-0.15, -0.1) is 0 Å². The van der Waals surface area contributed by atoms with Crippen LogP contribution in [0.25, 0.3) is 10.9 Å². The second-order valence-corrected chi connectivity index (χ2v) is 5.70. The Morgan fingerprint density at radius 3 is 2.62 bits per heavy atom. The maximum atomic E-state index is 12.1. The number of nitrogens with zero attached hydrogens (tertiary/aromatic N) is 3. The van der Waals surface area contributed by atoms with Crippen molar-refractivity contribution in [2.75, 3.05) is 11.9 Å². The van der Waals surface area contributed by atoms with E-state index in [0.717, 1.165) is 5.39 Å². The van der Waals surface area contributed by atoms with Crippen molar-refractivity contribution in [3.63, 3.8) is 0 Å². The molecular weight excluding hydrogens is 266 g/mol. The molecule has 0 unspecified atom stereocenters. The van der Waals surface area contributed by atoms with Gasteiger partial charge in [0.1, 0.15) is 11.4 Å². The fraction of sp³-hybridized carbons (Fsp3) is 0.312. The molecule has 1 aromatic carbocycles. The molecule has 0 spiro atoms.